The Bertz CT molecular complexity index is 1050. The van der Waals surface area contributed by atoms with Crippen LogP contribution >= 0.6 is 12.4 Å². The Labute approximate surface area is 202 Å². The summed E-state index contributed by atoms with van der Waals surface area (Å²) >= 11 is 0. The van der Waals surface area contributed by atoms with Crippen LogP contribution in [0.15, 0.2) is 59.8 Å². The van der Waals surface area contributed by atoms with Gasteiger partial charge in [0, 0.05) is 50.8 Å². The molecule has 1 aromatic carbocycles. The molecule has 9 heteroatoms. The van der Waals surface area contributed by atoms with Gasteiger partial charge in [0.15, 0.2) is 0 Å². The van der Waals surface area contributed by atoms with Crippen LogP contribution in [0.2, 0.25) is 0 Å². The number of benzene rings is 1. The maximum absolute atomic E-state index is 13.0. The first kappa shape index (κ1) is 25.2. The molecule has 33 heavy (non-hydrogen) atoms. The number of rotatable bonds is 6. The summed E-state index contributed by atoms with van der Waals surface area (Å²) in [5.41, 5.74) is 2.13. The molecule has 0 aliphatic carbocycles. The van der Waals surface area contributed by atoms with E-state index in [1.807, 2.05) is 48.5 Å². The number of pyridine rings is 1. The minimum atomic E-state index is -3.67. The lowest BCUT2D eigenvalue weighted by Crippen LogP contribution is -2.53. The molecule has 3 heterocycles. The van der Waals surface area contributed by atoms with Crippen LogP contribution in [0.3, 0.4) is 0 Å². The van der Waals surface area contributed by atoms with Crippen LogP contribution in [-0.4, -0.2) is 67.8 Å². The number of carbonyl (C=O) groups is 1. The molecule has 4 rings (SSSR count). The molecule has 2 aliphatic heterocycles. The second-order valence-corrected chi connectivity index (χ2v) is 10.3. The van der Waals surface area contributed by atoms with Gasteiger partial charge in [0.05, 0.1) is 11.4 Å². The number of halogens is 1. The van der Waals surface area contributed by atoms with Crippen molar-refractivity contribution in [3.05, 3.63) is 60.4 Å². The van der Waals surface area contributed by atoms with E-state index in [1.165, 1.54) is 9.99 Å². The molecule has 2 saturated heterocycles. The maximum Gasteiger partial charge on any atom is 0.243 e. The molecule has 1 aromatic heterocycles. The predicted octanol–water partition coefficient (Wildman–Crippen LogP) is 3.29. The van der Waals surface area contributed by atoms with Crippen molar-refractivity contribution in [1.82, 2.24) is 14.2 Å². The molecule has 0 spiro atoms. The number of aromatic nitrogens is 1. The van der Waals surface area contributed by atoms with Gasteiger partial charge in [0.2, 0.25) is 15.9 Å². The Balaban J connectivity index is 0.00000306. The van der Waals surface area contributed by atoms with Crippen molar-refractivity contribution in [1.29, 1.82) is 0 Å². The summed E-state index contributed by atoms with van der Waals surface area (Å²) in [4.78, 5) is 21.3. The molecule has 0 radical (unpaired) electrons. The van der Waals surface area contributed by atoms with Gasteiger partial charge in [-0.1, -0.05) is 24.3 Å². The Morgan fingerprint density at radius 1 is 1.00 bits per heavy atom. The van der Waals surface area contributed by atoms with E-state index in [0.29, 0.717) is 25.6 Å². The third-order valence-corrected chi connectivity index (χ3v) is 8.14. The Hall–Kier alpha value is -2.42. The number of sulfonamides is 1. The average molecular weight is 491 g/mol. The fourth-order valence-electron chi connectivity index (χ4n) is 4.42. The van der Waals surface area contributed by atoms with Crippen molar-refractivity contribution in [2.24, 2.45) is 5.92 Å². The molecule has 2 fully saturated rings. The van der Waals surface area contributed by atoms with Crippen LogP contribution in [0, 0.1) is 5.92 Å². The quantitative estimate of drug-likeness (QED) is 0.621. The van der Waals surface area contributed by atoms with E-state index in [4.69, 9.17) is 0 Å². The average Bonchev–Trinajstić information content (AvgIpc) is 2.82. The number of nitrogens with zero attached hydrogens (tertiary/aromatic N) is 4. The standard InChI is InChI=1S/C24H30N4O3S.ClH/c1-2-3-20-4-6-23(7-5-20)32(30,31)28-17-16-27(24(29)19-28)18-21-10-14-26(15-11-21)22-8-12-25-13-9-22;/h2-9,12-13,21H,10-11,14-19H2,1H3;1H/b3-2+;. The largest absolute Gasteiger partial charge is 0.371 e. The molecule has 0 atom stereocenters. The minimum Gasteiger partial charge on any atom is -0.371 e. The fraction of sp³-hybridized carbons (Fsp3) is 0.417. The number of allylic oxidation sites excluding steroid dienone is 1. The molecular weight excluding hydrogens is 460 g/mol. The highest BCUT2D eigenvalue weighted by atomic mass is 35.5. The van der Waals surface area contributed by atoms with Crippen LogP contribution in [-0.2, 0) is 14.8 Å². The summed E-state index contributed by atoms with van der Waals surface area (Å²) in [6.45, 7) is 5.23. The molecule has 2 aromatic rings. The van der Waals surface area contributed by atoms with E-state index in [1.54, 1.807) is 24.3 Å². The van der Waals surface area contributed by atoms with Crippen molar-refractivity contribution >= 4 is 40.1 Å². The summed E-state index contributed by atoms with van der Waals surface area (Å²) in [6, 6.07) is 10.8. The SMILES string of the molecule is C/C=C/c1ccc(S(=O)(=O)N2CCN(CC3CCN(c4ccncc4)CC3)C(=O)C2)cc1.Cl. The highest BCUT2D eigenvalue weighted by molar-refractivity contribution is 7.89. The molecule has 0 unspecified atom stereocenters. The van der Waals surface area contributed by atoms with E-state index < -0.39 is 10.0 Å². The molecular formula is C24H31ClN4O3S. The van der Waals surface area contributed by atoms with Crippen LogP contribution in [0.4, 0.5) is 5.69 Å². The van der Waals surface area contributed by atoms with E-state index in [2.05, 4.69) is 9.88 Å². The lowest BCUT2D eigenvalue weighted by Gasteiger charge is -2.38. The van der Waals surface area contributed by atoms with Gasteiger partial charge in [-0.2, -0.15) is 4.31 Å². The first-order valence-electron chi connectivity index (χ1n) is 11.1. The van der Waals surface area contributed by atoms with Crippen LogP contribution < -0.4 is 4.90 Å². The number of piperidine rings is 1. The van der Waals surface area contributed by atoms with Gasteiger partial charge in [-0.15, -0.1) is 12.4 Å². The normalized spacial score (nSPS) is 18.5. The Kier molecular flexibility index (Phi) is 8.51. The summed E-state index contributed by atoms with van der Waals surface area (Å²) < 4.78 is 27.3. The van der Waals surface area contributed by atoms with Crippen LogP contribution in [0.5, 0.6) is 0 Å². The molecule has 7 nitrogen and oxygen atoms in total. The topological polar surface area (TPSA) is 73.8 Å². The summed E-state index contributed by atoms with van der Waals surface area (Å²) in [7, 11) is -3.67. The molecule has 2 aliphatic rings. The van der Waals surface area contributed by atoms with E-state index in [-0.39, 0.29) is 29.8 Å². The minimum absolute atomic E-state index is 0. The third-order valence-electron chi connectivity index (χ3n) is 6.28. The summed E-state index contributed by atoms with van der Waals surface area (Å²) in [5.74, 6) is 0.335. The molecule has 0 saturated carbocycles. The van der Waals surface area contributed by atoms with Gasteiger partial charge >= 0.3 is 0 Å². The number of amides is 1. The summed E-state index contributed by atoms with van der Waals surface area (Å²) in [5, 5.41) is 0. The number of hydrogen-bond donors (Lipinski definition) is 0. The zero-order chi connectivity index (χ0) is 22.6. The van der Waals surface area contributed by atoms with Crippen LogP contribution in [0.1, 0.15) is 25.3 Å². The lowest BCUT2D eigenvalue weighted by molar-refractivity contribution is -0.134. The number of hydrogen-bond acceptors (Lipinski definition) is 5. The predicted molar refractivity (Wildman–Crippen MR) is 133 cm³/mol. The number of anilines is 1. The molecule has 0 bridgehead atoms. The van der Waals surface area contributed by atoms with Crippen molar-refractivity contribution < 1.29 is 13.2 Å². The van der Waals surface area contributed by atoms with Gasteiger partial charge in [0.1, 0.15) is 0 Å². The number of piperazine rings is 1. The van der Waals surface area contributed by atoms with Gasteiger partial charge < -0.3 is 9.80 Å². The lowest BCUT2D eigenvalue weighted by atomic mass is 9.95. The maximum atomic E-state index is 13.0. The van der Waals surface area contributed by atoms with Crippen molar-refractivity contribution in [3.63, 3.8) is 0 Å². The summed E-state index contributed by atoms with van der Waals surface area (Å²) in [6.07, 6.45) is 9.48. The van der Waals surface area contributed by atoms with Crippen molar-refractivity contribution in [3.8, 4) is 0 Å². The Morgan fingerprint density at radius 3 is 2.27 bits per heavy atom. The van der Waals surface area contributed by atoms with Gasteiger partial charge in [0.25, 0.3) is 0 Å². The van der Waals surface area contributed by atoms with Gasteiger partial charge in [-0.25, -0.2) is 8.42 Å². The fourth-order valence-corrected chi connectivity index (χ4v) is 5.80. The van der Waals surface area contributed by atoms with E-state index in [9.17, 15) is 13.2 Å². The third kappa shape index (κ3) is 5.93. The zero-order valence-corrected chi connectivity index (χ0v) is 20.5. The van der Waals surface area contributed by atoms with Crippen LogP contribution in [0.25, 0.3) is 6.08 Å². The highest BCUT2D eigenvalue weighted by Crippen LogP contribution is 2.25. The Morgan fingerprint density at radius 2 is 1.67 bits per heavy atom. The molecule has 1 amide bonds. The molecule has 178 valence electrons. The second-order valence-electron chi connectivity index (χ2n) is 8.38. The van der Waals surface area contributed by atoms with Crippen molar-refractivity contribution in [2.75, 3.05) is 44.2 Å². The highest BCUT2D eigenvalue weighted by Gasteiger charge is 2.34. The molecule has 0 N–H and O–H groups in total. The monoisotopic (exact) mass is 490 g/mol. The van der Waals surface area contributed by atoms with Gasteiger partial charge in [-0.3, -0.25) is 9.78 Å². The first-order valence-corrected chi connectivity index (χ1v) is 12.6. The number of carbonyl (C=O) groups excluding carboxylic acids is 1. The smallest absolute Gasteiger partial charge is 0.243 e. The van der Waals surface area contributed by atoms with Gasteiger partial charge in [-0.05, 0) is 55.5 Å². The van der Waals surface area contributed by atoms with E-state index in [0.717, 1.165) is 31.5 Å². The zero-order valence-electron chi connectivity index (χ0n) is 18.8. The van der Waals surface area contributed by atoms with Crippen molar-refractivity contribution in [2.45, 2.75) is 24.7 Å². The second kappa shape index (κ2) is 11.1. The van der Waals surface area contributed by atoms with E-state index >= 15 is 0 Å². The first-order chi connectivity index (χ1) is 15.5.